The molecule has 40 heavy (non-hydrogen) atoms. The monoisotopic (exact) mass is 612 g/mol. The molecule has 2 aromatic rings. The number of nitrogens with one attached hydrogen (secondary N) is 2. The third kappa shape index (κ3) is 6.94. The number of nitrogens with zero attached hydrogens (tertiary/aromatic N) is 2. The number of benzene rings is 2. The van der Waals surface area contributed by atoms with E-state index in [4.69, 9.17) is 4.74 Å². The third-order valence-electron chi connectivity index (χ3n) is 5.92. The second kappa shape index (κ2) is 11.4. The molecule has 0 saturated carbocycles. The first-order valence-corrected chi connectivity index (χ1v) is 14.6. The van der Waals surface area contributed by atoms with Crippen LogP contribution in [0.4, 0.5) is 33.7 Å². The van der Waals surface area contributed by atoms with Gasteiger partial charge in [-0.25, -0.2) is 17.6 Å². The number of rotatable bonds is 9. The number of fused-ring (bicyclic) bond motifs is 1. The fourth-order valence-corrected chi connectivity index (χ4v) is 5.82. The molecule has 1 heterocycles. The molecular formula is C23H28F4N4O7S2. The summed E-state index contributed by atoms with van der Waals surface area (Å²) in [5, 5.41) is 2.13. The Morgan fingerprint density at radius 1 is 1.12 bits per heavy atom. The minimum Gasteiger partial charge on any atom is -0.485 e. The van der Waals surface area contributed by atoms with Crippen LogP contribution in [0.5, 0.6) is 5.75 Å². The van der Waals surface area contributed by atoms with Gasteiger partial charge >= 0.3 is 12.3 Å². The molecule has 222 valence electrons. The SMILES string of the molecule is CCN(C)S(=O)(=O)NC[C@H]1CN(S(=O)(=O)c2ccc(F)cc2)c2cc(NC(=O)OC(C)(C)C(F)(F)F)ccc2O1. The maximum atomic E-state index is 13.6. The first kappa shape index (κ1) is 31.4. The van der Waals surface area contributed by atoms with Crippen LogP contribution in [0.3, 0.4) is 0 Å². The molecular weight excluding hydrogens is 584 g/mol. The lowest BCUT2D eigenvalue weighted by atomic mass is 10.1. The molecule has 1 atom stereocenters. The fourth-order valence-electron chi connectivity index (χ4n) is 3.37. The summed E-state index contributed by atoms with van der Waals surface area (Å²) < 4.78 is 119. The van der Waals surface area contributed by atoms with Gasteiger partial charge in [0.15, 0.2) is 0 Å². The van der Waals surface area contributed by atoms with Gasteiger partial charge < -0.3 is 9.47 Å². The first-order chi connectivity index (χ1) is 18.4. The summed E-state index contributed by atoms with van der Waals surface area (Å²) in [7, 11) is -6.93. The first-order valence-electron chi connectivity index (χ1n) is 11.7. The van der Waals surface area contributed by atoms with Crippen LogP contribution in [-0.2, 0) is 25.0 Å². The lowest BCUT2D eigenvalue weighted by molar-refractivity contribution is -0.242. The molecule has 0 bridgehead atoms. The molecule has 0 fully saturated rings. The lowest BCUT2D eigenvalue weighted by Gasteiger charge is -2.36. The zero-order chi connectivity index (χ0) is 30.1. The van der Waals surface area contributed by atoms with Gasteiger partial charge in [0.05, 0.1) is 23.7 Å². The number of hydrogen-bond donors (Lipinski definition) is 2. The Labute approximate surface area is 229 Å². The molecule has 1 aliphatic rings. The summed E-state index contributed by atoms with van der Waals surface area (Å²) in [4.78, 5) is 11.9. The van der Waals surface area contributed by atoms with Gasteiger partial charge in [-0.3, -0.25) is 9.62 Å². The Kier molecular flexibility index (Phi) is 8.93. The van der Waals surface area contributed by atoms with Crippen molar-refractivity contribution in [3.63, 3.8) is 0 Å². The van der Waals surface area contributed by atoms with Crippen molar-refractivity contribution in [3.05, 3.63) is 48.3 Å². The summed E-state index contributed by atoms with van der Waals surface area (Å²) >= 11 is 0. The second-order valence-electron chi connectivity index (χ2n) is 9.20. The van der Waals surface area contributed by atoms with Gasteiger partial charge in [-0.1, -0.05) is 6.92 Å². The smallest absolute Gasteiger partial charge is 0.427 e. The van der Waals surface area contributed by atoms with E-state index in [0.29, 0.717) is 13.8 Å². The molecule has 17 heteroatoms. The van der Waals surface area contributed by atoms with Crippen LogP contribution >= 0.6 is 0 Å². The number of carbonyl (C=O) groups is 1. The average Bonchev–Trinajstić information content (AvgIpc) is 2.85. The van der Waals surface area contributed by atoms with Gasteiger partial charge in [0.2, 0.25) is 5.60 Å². The molecule has 0 radical (unpaired) electrons. The van der Waals surface area contributed by atoms with Crippen LogP contribution in [0.15, 0.2) is 47.4 Å². The summed E-state index contributed by atoms with van der Waals surface area (Å²) in [5.74, 6) is -0.708. The van der Waals surface area contributed by atoms with Crippen molar-refractivity contribution < 1.29 is 48.7 Å². The Morgan fingerprint density at radius 2 is 1.75 bits per heavy atom. The van der Waals surface area contributed by atoms with Crippen LogP contribution in [0.2, 0.25) is 0 Å². The number of ether oxygens (including phenoxy) is 2. The van der Waals surface area contributed by atoms with E-state index in [1.165, 1.54) is 19.2 Å². The highest BCUT2D eigenvalue weighted by Crippen LogP contribution is 2.39. The summed E-state index contributed by atoms with van der Waals surface area (Å²) in [6.07, 6.45) is -7.31. The zero-order valence-corrected chi connectivity index (χ0v) is 23.5. The van der Waals surface area contributed by atoms with Crippen molar-refractivity contribution in [2.45, 2.75) is 43.5 Å². The van der Waals surface area contributed by atoms with E-state index in [9.17, 15) is 39.2 Å². The fraction of sp³-hybridized carbons (Fsp3) is 0.435. The molecule has 3 rings (SSSR count). The number of hydrogen-bond acceptors (Lipinski definition) is 7. The Bertz CT molecular complexity index is 1450. The number of alkyl halides is 3. The summed E-state index contributed by atoms with van der Waals surface area (Å²) in [6, 6.07) is 7.59. The molecule has 2 aromatic carbocycles. The summed E-state index contributed by atoms with van der Waals surface area (Å²) in [5.41, 5.74) is -3.03. The van der Waals surface area contributed by atoms with E-state index in [0.717, 1.165) is 38.9 Å². The molecule has 1 aliphatic heterocycles. The highest BCUT2D eigenvalue weighted by atomic mass is 32.2. The number of sulfonamides is 1. The van der Waals surface area contributed by atoms with Crippen molar-refractivity contribution in [3.8, 4) is 5.75 Å². The van der Waals surface area contributed by atoms with E-state index in [-0.39, 0.29) is 35.1 Å². The van der Waals surface area contributed by atoms with Crippen molar-refractivity contribution in [2.24, 2.45) is 0 Å². The normalized spacial score (nSPS) is 16.3. The quantitative estimate of drug-likeness (QED) is 0.415. The molecule has 0 aliphatic carbocycles. The van der Waals surface area contributed by atoms with Gasteiger partial charge in [-0.05, 0) is 56.3 Å². The van der Waals surface area contributed by atoms with Crippen molar-refractivity contribution in [1.82, 2.24) is 9.03 Å². The van der Waals surface area contributed by atoms with E-state index in [1.54, 1.807) is 6.92 Å². The largest absolute Gasteiger partial charge is 0.485 e. The molecule has 2 N–H and O–H groups in total. The average molecular weight is 613 g/mol. The van der Waals surface area contributed by atoms with Gasteiger partial charge in [0, 0.05) is 19.3 Å². The second-order valence-corrected chi connectivity index (χ2v) is 12.9. The van der Waals surface area contributed by atoms with Crippen LogP contribution in [0, 0.1) is 5.82 Å². The van der Waals surface area contributed by atoms with E-state index in [2.05, 4.69) is 14.8 Å². The van der Waals surface area contributed by atoms with Gasteiger partial charge in [-0.15, -0.1) is 0 Å². The van der Waals surface area contributed by atoms with Crippen LogP contribution in [0.25, 0.3) is 0 Å². The van der Waals surface area contributed by atoms with Crippen LogP contribution in [-0.4, -0.2) is 71.8 Å². The van der Waals surface area contributed by atoms with Crippen LogP contribution in [0.1, 0.15) is 20.8 Å². The number of halogens is 4. The number of amides is 1. The van der Waals surface area contributed by atoms with Crippen molar-refractivity contribution in [2.75, 3.05) is 36.3 Å². The molecule has 0 saturated heterocycles. The van der Waals surface area contributed by atoms with Crippen molar-refractivity contribution in [1.29, 1.82) is 0 Å². The molecule has 0 spiro atoms. The minimum absolute atomic E-state index is 0.0282. The van der Waals surface area contributed by atoms with E-state index >= 15 is 0 Å². The maximum Gasteiger partial charge on any atom is 0.427 e. The Hall–Kier alpha value is -3.15. The molecule has 0 unspecified atom stereocenters. The highest BCUT2D eigenvalue weighted by Gasteiger charge is 2.51. The molecule has 0 aromatic heterocycles. The molecule has 1 amide bonds. The molecule has 11 nitrogen and oxygen atoms in total. The summed E-state index contributed by atoms with van der Waals surface area (Å²) in [6.45, 7) is 2.40. The zero-order valence-electron chi connectivity index (χ0n) is 21.8. The minimum atomic E-state index is -4.85. The predicted octanol–water partition coefficient (Wildman–Crippen LogP) is 3.46. The van der Waals surface area contributed by atoms with Gasteiger partial charge in [0.25, 0.3) is 20.2 Å². The topological polar surface area (TPSA) is 134 Å². The number of anilines is 2. The van der Waals surface area contributed by atoms with E-state index < -0.39 is 56.6 Å². The lowest BCUT2D eigenvalue weighted by Crippen LogP contribution is -2.50. The van der Waals surface area contributed by atoms with Gasteiger partial charge in [0.1, 0.15) is 17.7 Å². The maximum absolute atomic E-state index is 13.6. The highest BCUT2D eigenvalue weighted by molar-refractivity contribution is 7.92. The Balaban J connectivity index is 1.95. The van der Waals surface area contributed by atoms with Crippen LogP contribution < -0.4 is 19.1 Å². The predicted molar refractivity (Wildman–Crippen MR) is 137 cm³/mol. The van der Waals surface area contributed by atoms with E-state index in [1.807, 2.05) is 0 Å². The standard InChI is InChI=1S/C23H28F4N4O7S2/c1-5-30(4)40(35,36)28-13-17-14-31(39(33,34)18-9-6-15(24)7-10-18)19-12-16(8-11-20(19)37-17)29-21(32)38-22(2,3)23(25,26)27/h6-12,17,28H,5,13-14H2,1-4H3,(H,29,32)/t17-/m0/s1. The van der Waals surface area contributed by atoms with Crippen molar-refractivity contribution >= 4 is 37.7 Å². The van der Waals surface area contributed by atoms with Gasteiger partial charge in [-0.2, -0.15) is 30.6 Å². The third-order valence-corrected chi connectivity index (χ3v) is 9.32. The Morgan fingerprint density at radius 3 is 2.33 bits per heavy atom. The number of carbonyl (C=O) groups excluding carboxylic acids is 1.